The van der Waals surface area contributed by atoms with E-state index >= 15 is 0 Å². The zero-order valence-corrected chi connectivity index (χ0v) is 11.5. The third-order valence-corrected chi connectivity index (χ3v) is 3.24. The number of aromatic nitrogens is 7. The topological polar surface area (TPSA) is 100 Å². The molecule has 22 heavy (non-hydrogen) atoms. The van der Waals surface area contributed by atoms with Crippen molar-refractivity contribution in [2.45, 2.75) is 6.54 Å². The van der Waals surface area contributed by atoms with E-state index in [0.717, 1.165) is 5.69 Å². The van der Waals surface area contributed by atoms with E-state index < -0.39 is 0 Å². The van der Waals surface area contributed by atoms with Crippen molar-refractivity contribution in [2.75, 3.05) is 5.73 Å². The van der Waals surface area contributed by atoms with Gasteiger partial charge in [-0.05, 0) is 18.2 Å². The van der Waals surface area contributed by atoms with Gasteiger partial charge < -0.3 is 10.3 Å². The third-order valence-electron chi connectivity index (χ3n) is 3.24. The van der Waals surface area contributed by atoms with Crippen LogP contribution in [0.25, 0.3) is 17.0 Å². The SMILES string of the molecule is Nc1nc(-n2cccn2)c2ncn(Cc3ccccn3)c2n1. The number of imidazole rings is 1. The lowest BCUT2D eigenvalue weighted by molar-refractivity contribution is 0.787. The van der Waals surface area contributed by atoms with Gasteiger partial charge in [-0.25, -0.2) is 9.67 Å². The minimum atomic E-state index is 0.181. The van der Waals surface area contributed by atoms with Crippen molar-refractivity contribution in [1.82, 2.24) is 34.3 Å². The van der Waals surface area contributed by atoms with Crippen LogP contribution in [0.1, 0.15) is 5.69 Å². The zero-order chi connectivity index (χ0) is 14.9. The molecule has 0 fully saturated rings. The first kappa shape index (κ1) is 12.5. The van der Waals surface area contributed by atoms with E-state index in [-0.39, 0.29) is 5.95 Å². The molecule has 0 unspecified atom stereocenters. The number of rotatable bonds is 3. The van der Waals surface area contributed by atoms with Crippen molar-refractivity contribution in [3.8, 4) is 5.82 Å². The standard InChI is InChI=1S/C14H12N8/c15-14-19-12-11(13(20-14)22-7-3-6-18-22)17-9-21(12)8-10-4-1-2-5-16-10/h1-7,9H,8H2,(H2,15,19,20). The number of fused-ring (bicyclic) bond motifs is 1. The highest BCUT2D eigenvalue weighted by molar-refractivity contribution is 5.79. The molecule has 4 heterocycles. The molecule has 0 amide bonds. The van der Waals surface area contributed by atoms with E-state index in [4.69, 9.17) is 5.73 Å². The zero-order valence-electron chi connectivity index (χ0n) is 11.5. The monoisotopic (exact) mass is 292 g/mol. The Labute approximate surface area is 125 Å². The molecule has 0 atom stereocenters. The number of pyridine rings is 1. The van der Waals surface area contributed by atoms with Crippen LogP contribution in [-0.4, -0.2) is 34.3 Å². The van der Waals surface area contributed by atoms with Gasteiger partial charge in [0.05, 0.1) is 18.6 Å². The fourth-order valence-electron chi connectivity index (χ4n) is 2.28. The number of nitrogen functional groups attached to an aromatic ring is 1. The molecule has 108 valence electrons. The average Bonchev–Trinajstić information content (AvgIpc) is 3.18. The second-order valence-corrected chi connectivity index (χ2v) is 4.72. The predicted molar refractivity (Wildman–Crippen MR) is 80.2 cm³/mol. The molecule has 2 N–H and O–H groups in total. The summed E-state index contributed by atoms with van der Waals surface area (Å²) < 4.78 is 3.52. The van der Waals surface area contributed by atoms with Gasteiger partial charge in [-0.1, -0.05) is 6.07 Å². The fourth-order valence-corrected chi connectivity index (χ4v) is 2.28. The smallest absolute Gasteiger partial charge is 0.224 e. The van der Waals surface area contributed by atoms with Crippen LogP contribution in [0.4, 0.5) is 5.95 Å². The molecule has 4 aromatic rings. The Kier molecular flexibility index (Phi) is 2.78. The molecule has 0 aliphatic rings. The van der Waals surface area contributed by atoms with Crippen LogP contribution in [0.2, 0.25) is 0 Å². The number of hydrogen-bond donors (Lipinski definition) is 1. The second kappa shape index (κ2) is 4.92. The maximum Gasteiger partial charge on any atom is 0.224 e. The van der Waals surface area contributed by atoms with Crippen LogP contribution >= 0.6 is 0 Å². The second-order valence-electron chi connectivity index (χ2n) is 4.72. The summed E-state index contributed by atoms with van der Waals surface area (Å²) >= 11 is 0. The van der Waals surface area contributed by atoms with Gasteiger partial charge in [0, 0.05) is 18.6 Å². The van der Waals surface area contributed by atoms with Crippen LogP contribution in [0.15, 0.2) is 49.2 Å². The highest BCUT2D eigenvalue weighted by Crippen LogP contribution is 2.19. The molecule has 0 aliphatic carbocycles. The highest BCUT2D eigenvalue weighted by Gasteiger charge is 2.14. The lowest BCUT2D eigenvalue weighted by Crippen LogP contribution is -2.07. The van der Waals surface area contributed by atoms with Crippen LogP contribution < -0.4 is 5.73 Å². The molecule has 0 spiro atoms. The summed E-state index contributed by atoms with van der Waals surface area (Å²) in [6, 6.07) is 7.59. The van der Waals surface area contributed by atoms with Gasteiger partial charge in [0.15, 0.2) is 17.0 Å². The molecule has 4 aromatic heterocycles. The maximum absolute atomic E-state index is 5.83. The third kappa shape index (κ3) is 2.06. The van der Waals surface area contributed by atoms with Crippen molar-refractivity contribution in [3.05, 3.63) is 54.9 Å². The Morgan fingerprint density at radius 1 is 1.05 bits per heavy atom. The Balaban J connectivity index is 1.85. The summed E-state index contributed by atoms with van der Waals surface area (Å²) in [7, 11) is 0. The molecule has 0 bridgehead atoms. The van der Waals surface area contributed by atoms with Crippen molar-refractivity contribution >= 4 is 17.1 Å². The first-order valence-corrected chi connectivity index (χ1v) is 6.69. The predicted octanol–water partition coefficient (Wildman–Crippen LogP) is 1.04. The largest absolute Gasteiger partial charge is 0.368 e. The lowest BCUT2D eigenvalue weighted by atomic mass is 10.3. The van der Waals surface area contributed by atoms with Crippen LogP contribution in [0.3, 0.4) is 0 Å². The summed E-state index contributed by atoms with van der Waals surface area (Å²) in [5, 5.41) is 4.18. The van der Waals surface area contributed by atoms with Gasteiger partial charge in [-0.2, -0.15) is 15.1 Å². The van der Waals surface area contributed by atoms with Crippen molar-refractivity contribution in [1.29, 1.82) is 0 Å². The van der Waals surface area contributed by atoms with Crippen LogP contribution in [-0.2, 0) is 6.54 Å². The maximum atomic E-state index is 5.83. The average molecular weight is 292 g/mol. The normalized spacial score (nSPS) is 11.1. The first-order chi connectivity index (χ1) is 10.8. The minimum absolute atomic E-state index is 0.181. The molecule has 0 saturated heterocycles. The summed E-state index contributed by atoms with van der Waals surface area (Å²) in [6.45, 7) is 0.562. The Morgan fingerprint density at radius 2 is 2.00 bits per heavy atom. The van der Waals surface area contributed by atoms with Gasteiger partial charge in [-0.3, -0.25) is 4.98 Å². The van der Waals surface area contributed by atoms with E-state index in [1.165, 1.54) is 0 Å². The van der Waals surface area contributed by atoms with Gasteiger partial charge in [-0.15, -0.1) is 0 Å². The van der Waals surface area contributed by atoms with Crippen molar-refractivity contribution in [2.24, 2.45) is 0 Å². The minimum Gasteiger partial charge on any atom is -0.368 e. The van der Waals surface area contributed by atoms with E-state index in [1.807, 2.05) is 28.8 Å². The lowest BCUT2D eigenvalue weighted by Gasteiger charge is -2.05. The molecule has 0 saturated carbocycles. The summed E-state index contributed by atoms with van der Waals surface area (Å²) in [6.07, 6.45) is 6.93. The Hall–Kier alpha value is -3.29. The molecule has 0 aromatic carbocycles. The van der Waals surface area contributed by atoms with E-state index in [1.54, 1.807) is 29.6 Å². The van der Waals surface area contributed by atoms with Gasteiger partial charge in [0.2, 0.25) is 5.95 Å². The summed E-state index contributed by atoms with van der Waals surface area (Å²) in [5.74, 6) is 0.744. The van der Waals surface area contributed by atoms with Gasteiger partial charge in [0.25, 0.3) is 0 Å². The Bertz CT molecular complexity index is 911. The molecular formula is C14H12N8. The summed E-state index contributed by atoms with van der Waals surface area (Å²) in [4.78, 5) is 17.3. The van der Waals surface area contributed by atoms with Crippen LogP contribution in [0, 0.1) is 0 Å². The molecular weight excluding hydrogens is 280 g/mol. The quantitative estimate of drug-likeness (QED) is 0.605. The van der Waals surface area contributed by atoms with E-state index in [9.17, 15) is 0 Å². The molecule has 0 radical (unpaired) electrons. The van der Waals surface area contributed by atoms with E-state index in [2.05, 4.69) is 25.0 Å². The van der Waals surface area contributed by atoms with Crippen molar-refractivity contribution < 1.29 is 0 Å². The molecule has 8 nitrogen and oxygen atoms in total. The number of anilines is 1. The Morgan fingerprint density at radius 3 is 2.77 bits per heavy atom. The molecule has 8 heteroatoms. The highest BCUT2D eigenvalue weighted by atomic mass is 15.3. The number of nitrogens with two attached hydrogens (primary N) is 1. The number of hydrogen-bond acceptors (Lipinski definition) is 6. The van der Waals surface area contributed by atoms with Crippen molar-refractivity contribution in [3.63, 3.8) is 0 Å². The van der Waals surface area contributed by atoms with E-state index in [0.29, 0.717) is 23.5 Å². The van der Waals surface area contributed by atoms with Gasteiger partial charge in [0.1, 0.15) is 0 Å². The number of nitrogens with zero attached hydrogens (tertiary/aromatic N) is 7. The van der Waals surface area contributed by atoms with Crippen LogP contribution in [0.5, 0.6) is 0 Å². The first-order valence-electron chi connectivity index (χ1n) is 6.69. The molecule has 0 aliphatic heterocycles. The fraction of sp³-hybridized carbons (Fsp3) is 0.0714. The molecule has 4 rings (SSSR count). The van der Waals surface area contributed by atoms with Gasteiger partial charge >= 0.3 is 0 Å². The summed E-state index contributed by atoms with van der Waals surface area (Å²) in [5.41, 5.74) is 8.05.